The summed E-state index contributed by atoms with van der Waals surface area (Å²) in [5.41, 5.74) is 0.413. The zero-order valence-electron chi connectivity index (χ0n) is 9.55. The predicted molar refractivity (Wildman–Crippen MR) is 57.5 cm³/mol. The lowest BCUT2D eigenvalue weighted by atomic mass is 9.98. The summed E-state index contributed by atoms with van der Waals surface area (Å²) in [6.45, 7) is 2.52. The molecule has 1 amide bonds. The number of rotatable bonds is 2. The van der Waals surface area contributed by atoms with E-state index in [2.05, 4.69) is 5.16 Å². The molecule has 0 bridgehead atoms. The summed E-state index contributed by atoms with van der Waals surface area (Å²) in [5.74, 6) is -1.04. The van der Waals surface area contributed by atoms with Gasteiger partial charge >= 0.3 is 5.97 Å². The number of carboxylic acid groups (broad SMARTS) is 1. The standard InChI is InChI=1S/C11H14N2O4/c1-7-9(5-12-17-7)10(14)13-4-2-3-8(6-13)11(15)16/h5,8H,2-4,6H2,1H3,(H,15,16). The third-order valence-electron chi connectivity index (χ3n) is 3.04. The molecule has 1 N–H and O–H groups in total. The first kappa shape index (κ1) is 11.6. The molecular weight excluding hydrogens is 224 g/mol. The normalized spacial score (nSPS) is 20.3. The van der Waals surface area contributed by atoms with E-state index in [1.165, 1.54) is 6.20 Å². The van der Waals surface area contributed by atoms with E-state index in [9.17, 15) is 9.59 Å². The molecule has 0 radical (unpaired) electrons. The molecular formula is C11H14N2O4. The van der Waals surface area contributed by atoms with E-state index in [4.69, 9.17) is 9.63 Å². The van der Waals surface area contributed by atoms with Gasteiger partial charge in [-0.3, -0.25) is 9.59 Å². The number of carbonyl (C=O) groups excluding carboxylic acids is 1. The van der Waals surface area contributed by atoms with Gasteiger partial charge in [0.15, 0.2) is 0 Å². The third-order valence-corrected chi connectivity index (χ3v) is 3.04. The molecule has 1 aromatic heterocycles. The van der Waals surface area contributed by atoms with Crippen molar-refractivity contribution in [2.45, 2.75) is 19.8 Å². The van der Waals surface area contributed by atoms with Crippen LogP contribution in [-0.2, 0) is 4.79 Å². The zero-order chi connectivity index (χ0) is 12.4. The quantitative estimate of drug-likeness (QED) is 0.828. The largest absolute Gasteiger partial charge is 0.481 e. The highest BCUT2D eigenvalue weighted by Gasteiger charge is 2.29. The molecule has 1 aliphatic heterocycles. The zero-order valence-corrected chi connectivity index (χ0v) is 9.55. The molecule has 0 aromatic carbocycles. The van der Waals surface area contributed by atoms with Gasteiger partial charge < -0.3 is 14.5 Å². The minimum absolute atomic E-state index is 0.199. The molecule has 0 saturated carbocycles. The number of aryl methyl sites for hydroxylation is 1. The molecule has 2 rings (SSSR count). The van der Waals surface area contributed by atoms with Crippen LogP contribution in [-0.4, -0.2) is 40.1 Å². The Morgan fingerprint density at radius 3 is 2.94 bits per heavy atom. The molecule has 6 nitrogen and oxygen atoms in total. The first-order valence-corrected chi connectivity index (χ1v) is 5.53. The summed E-state index contributed by atoms with van der Waals surface area (Å²) in [4.78, 5) is 24.5. The number of aromatic nitrogens is 1. The minimum Gasteiger partial charge on any atom is -0.481 e. The van der Waals surface area contributed by atoms with Crippen molar-refractivity contribution in [2.24, 2.45) is 5.92 Å². The van der Waals surface area contributed by atoms with E-state index in [1.807, 2.05) is 0 Å². The van der Waals surface area contributed by atoms with Crippen LogP contribution < -0.4 is 0 Å². The molecule has 1 aromatic rings. The monoisotopic (exact) mass is 238 g/mol. The fraction of sp³-hybridized carbons (Fsp3) is 0.545. The Morgan fingerprint density at radius 1 is 1.59 bits per heavy atom. The summed E-state index contributed by atoms with van der Waals surface area (Å²) in [6, 6.07) is 0. The Morgan fingerprint density at radius 2 is 2.35 bits per heavy atom. The number of aliphatic carboxylic acids is 1. The Bertz CT molecular complexity index is 440. The van der Waals surface area contributed by atoms with Gasteiger partial charge in [0.05, 0.1) is 12.1 Å². The highest BCUT2D eigenvalue weighted by Crippen LogP contribution is 2.19. The summed E-state index contributed by atoms with van der Waals surface area (Å²) >= 11 is 0. The van der Waals surface area contributed by atoms with Gasteiger partial charge in [0.2, 0.25) is 0 Å². The molecule has 6 heteroatoms. The topological polar surface area (TPSA) is 83.6 Å². The number of amides is 1. The molecule has 1 fully saturated rings. The van der Waals surface area contributed by atoms with E-state index < -0.39 is 11.9 Å². The first-order chi connectivity index (χ1) is 8.09. The maximum atomic E-state index is 12.1. The number of hydrogen-bond donors (Lipinski definition) is 1. The summed E-state index contributed by atoms with van der Waals surface area (Å²) < 4.78 is 4.84. The molecule has 2 heterocycles. The SMILES string of the molecule is Cc1oncc1C(=O)N1CCCC(C(=O)O)C1. The van der Waals surface area contributed by atoms with Gasteiger partial charge in [-0.1, -0.05) is 5.16 Å². The predicted octanol–water partition coefficient (Wildman–Crippen LogP) is 0.920. The molecule has 1 saturated heterocycles. The van der Waals surface area contributed by atoms with Crippen LogP contribution in [0.25, 0.3) is 0 Å². The number of hydrogen-bond acceptors (Lipinski definition) is 4. The Balaban J connectivity index is 2.10. The fourth-order valence-electron chi connectivity index (χ4n) is 2.04. The van der Waals surface area contributed by atoms with Crippen molar-refractivity contribution < 1.29 is 19.2 Å². The van der Waals surface area contributed by atoms with Gasteiger partial charge in [-0.2, -0.15) is 0 Å². The summed E-state index contributed by atoms with van der Waals surface area (Å²) in [7, 11) is 0. The van der Waals surface area contributed by atoms with Crippen molar-refractivity contribution in [3.63, 3.8) is 0 Å². The van der Waals surface area contributed by atoms with Crippen molar-refractivity contribution in [3.05, 3.63) is 17.5 Å². The van der Waals surface area contributed by atoms with Crippen molar-refractivity contribution >= 4 is 11.9 Å². The molecule has 17 heavy (non-hydrogen) atoms. The Hall–Kier alpha value is -1.85. The van der Waals surface area contributed by atoms with Gasteiger partial charge in [-0.05, 0) is 19.8 Å². The van der Waals surface area contributed by atoms with Crippen LogP contribution in [0.1, 0.15) is 29.0 Å². The maximum absolute atomic E-state index is 12.1. The van der Waals surface area contributed by atoms with Crippen LogP contribution >= 0.6 is 0 Å². The second-order valence-electron chi connectivity index (χ2n) is 4.22. The van der Waals surface area contributed by atoms with E-state index in [-0.39, 0.29) is 12.5 Å². The highest BCUT2D eigenvalue weighted by molar-refractivity contribution is 5.95. The second kappa shape index (κ2) is 4.57. The van der Waals surface area contributed by atoms with Gasteiger partial charge in [0.1, 0.15) is 11.3 Å². The fourth-order valence-corrected chi connectivity index (χ4v) is 2.04. The molecule has 1 unspecified atom stereocenters. The van der Waals surface area contributed by atoms with Crippen LogP contribution in [0.3, 0.4) is 0 Å². The van der Waals surface area contributed by atoms with Crippen molar-refractivity contribution in [1.29, 1.82) is 0 Å². The molecule has 0 spiro atoms. The average Bonchev–Trinajstić information content (AvgIpc) is 2.74. The Kier molecular flexibility index (Phi) is 3.12. The number of carboxylic acids is 1. The maximum Gasteiger partial charge on any atom is 0.308 e. The minimum atomic E-state index is -0.843. The van der Waals surface area contributed by atoms with Crippen LogP contribution in [0.2, 0.25) is 0 Å². The van der Waals surface area contributed by atoms with Crippen molar-refractivity contribution in [3.8, 4) is 0 Å². The number of piperidine rings is 1. The highest BCUT2D eigenvalue weighted by atomic mass is 16.5. The van der Waals surface area contributed by atoms with Gasteiger partial charge in [-0.25, -0.2) is 0 Å². The van der Waals surface area contributed by atoms with E-state index >= 15 is 0 Å². The number of likely N-dealkylation sites (tertiary alicyclic amines) is 1. The van der Waals surface area contributed by atoms with Crippen molar-refractivity contribution in [1.82, 2.24) is 10.1 Å². The lowest BCUT2D eigenvalue weighted by Crippen LogP contribution is -2.42. The van der Waals surface area contributed by atoms with E-state index in [0.717, 1.165) is 0 Å². The van der Waals surface area contributed by atoms with E-state index in [0.29, 0.717) is 30.7 Å². The van der Waals surface area contributed by atoms with Gasteiger partial charge in [0, 0.05) is 13.1 Å². The third kappa shape index (κ3) is 2.30. The lowest BCUT2D eigenvalue weighted by molar-refractivity contribution is -0.143. The molecule has 92 valence electrons. The van der Waals surface area contributed by atoms with Crippen LogP contribution in [0.4, 0.5) is 0 Å². The first-order valence-electron chi connectivity index (χ1n) is 5.53. The van der Waals surface area contributed by atoms with Gasteiger partial charge in [-0.15, -0.1) is 0 Å². The average molecular weight is 238 g/mol. The Labute approximate surface area is 98.2 Å². The summed E-state index contributed by atoms with van der Waals surface area (Å²) in [6.07, 6.45) is 2.72. The lowest BCUT2D eigenvalue weighted by Gasteiger charge is -2.30. The van der Waals surface area contributed by atoms with Crippen LogP contribution in [0, 0.1) is 12.8 Å². The van der Waals surface area contributed by atoms with Gasteiger partial charge in [0.25, 0.3) is 5.91 Å². The number of carbonyl (C=O) groups is 2. The number of nitrogens with zero attached hydrogens (tertiary/aromatic N) is 2. The second-order valence-corrected chi connectivity index (χ2v) is 4.22. The summed E-state index contributed by atoms with van der Waals surface area (Å²) in [5, 5.41) is 12.5. The molecule has 0 aliphatic carbocycles. The van der Waals surface area contributed by atoms with E-state index in [1.54, 1.807) is 11.8 Å². The van der Waals surface area contributed by atoms with Crippen LogP contribution in [0.5, 0.6) is 0 Å². The van der Waals surface area contributed by atoms with Crippen molar-refractivity contribution in [2.75, 3.05) is 13.1 Å². The molecule has 1 atom stereocenters. The molecule has 1 aliphatic rings. The van der Waals surface area contributed by atoms with Crippen LogP contribution in [0.15, 0.2) is 10.7 Å². The smallest absolute Gasteiger partial charge is 0.308 e.